The first-order valence-corrected chi connectivity index (χ1v) is 3.97. The molecule has 0 amide bonds. The molecular formula is C10H13NO. The fourth-order valence-electron chi connectivity index (χ4n) is 1.07. The van der Waals surface area contributed by atoms with E-state index in [4.69, 9.17) is 4.74 Å². The van der Waals surface area contributed by atoms with E-state index in [0.717, 1.165) is 23.4 Å². The van der Waals surface area contributed by atoms with Gasteiger partial charge < -0.3 is 4.74 Å². The topological polar surface area (TPSA) is 22.1 Å². The minimum absolute atomic E-state index is 0.780. The molecule has 0 unspecified atom stereocenters. The largest absolute Gasteiger partial charge is 0.495 e. The van der Waals surface area contributed by atoms with E-state index in [1.54, 1.807) is 19.4 Å². The molecule has 2 heteroatoms. The average Bonchev–Trinajstić information content (AvgIpc) is 2.16. The Hall–Kier alpha value is -1.31. The maximum atomic E-state index is 5.05. The maximum Gasteiger partial charge on any atom is 0.137 e. The van der Waals surface area contributed by atoms with Crippen molar-refractivity contribution in [2.45, 2.75) is 13.3 Å². The molecule has 0 radical (unpaired) electrons. The monoisotopic (exact) mass is 163 g/mol. The van der Waals surface area contributed by atoms with Crippen molar-refractivity contribution < 1.29 is 4.74 Å². The third-order valence-corrected chi connectivity index (χ3v) is 1.77. The third kappa shape index (κ3) is 1.64. The summed E-state index contributed by atoms with van der Waals surface area (Å²) in [6.07, 6.45) is 4.45. The van der Waals surface area contributed by atoms with E-state index in [9.17, 15) is 0 Å². The lowest BCUT2D eigenvalue weighted by molar-refractivity contribution is 0.412. The highest BCUT2D eigenvalue weighted by atomic mass is 16.5. The predicted molar refractivity (Wildman–Crippen MR) is 50.3 cm³/mol. The Kier molecular flexibility index (Phi) is 2.86. The molecule has 1 aromatic rings. The van der Waals surface area contributed by atoms with Crippen LogP contribution in [0.1, 0.15) is 18.2 Å². The van der Waals surface area contributed by atoms with E-state index in [2.05, 4.69) is 18.5 Å². The number of rotatable bonds is 3. The molecule has 1 aromatic heterocycles. The molecule has 0 aliphatic rings. The van der Waals surface area contributed by atoms with Crippen LogP contribution in [0.4, 0.5) is 0 Å². The quantitative estimate of drug-likeness (QED) is 0.682. The number of hydrogen-bond donors (Lipinski definition) is 0. The fraction of sp³-hybridized carbons (Fsp3) is 0.300. The number of aromatic nitrogens is 1. The lowest BCUT2D eigenvalue weighted by atomic mass is 10.1. The van der Waals surface area contributed by atoms with Crippen molar-refractivity contribution >= 4 is 6.08 Å². The molecule has 12 heavy (non-hydrogen) atoms. The highest BCUT2D eigenvalue weighted by molar-refractivity contribution is 5.51. The summed E-state index contributed by atoms with van der Waals surface area (Å²) in [4.78, 5) is 4.24. The Morgan fingerprint density at radius 3 is 2.92 bits per heavy atom. The van der Waals surface area contributed by atoms with Crippen molar-refractivity contribution in [1.82, 2.24) is 4.98 Å². The summed E-state index contributed by atoms with van der Waals surface area (Å²) < 4.78 is 5.05. The SMILES string of the molecule is C=Cc1cc(OC)cnc1CC. The van der Waals surface area contributed by atoms with E-state index in [0.29, 0.717) is 0 Å². The van der Waals surface area contributed by atoms with Crippen LogP contribution in [0.5, 0.6) is 5.75 Å². The molecule has 0 saturated carbocycles. The van der Waals surface area contributed by atoms with Crippen LogP contribution in [-0.4, -0.2) is 12.1 Å². The Balaban J connectivity index is 3.10. The van der Waals surface area contributed by atoms with Crippen LogP contribution in [0.25, 0.3) is 6.08 Å². The van der Waals surface area contributed by atoms with Crippen molar-refractivity contribution in [2.24, 2.45) is 0 Å². The van der Waals surface area contributed by atoms with E-state index in [-0.39, 0.29) is 0 Å². The van der Waals surface area contributed by atoms with Crippen LogP contribution in [0.3, 0.4) is 0 Å². The van der Waals surface area contributed by atoms with Crippen molar-refractivity contribution in [3.05, 3.63) is 30.1 Å². The van der Waals surface area contributed by atoms with Gasteiger partial charge in [-0.25, -0.2) is 0 Å². The van der Waals surface area contributed by atoms with E-state index >= 15 is 0 Å². The van der Waals surface area contributed by atoms with Crippen LogP contribution >= 0.6 is 0 Å². The molecule has 0 aliphatic carbocycles. The second-order valence-corrected chi connectivity index (χ2v) is 2.47. The Morgan fingerprint density at radius 2 is 2.42 bits per heavy atom. The molecule has 0 N–H and O–H groups in total. The Morgan fingerprint density at radius 1 is 1.67 bits per heavy atom. The smallest absolute Gasteiger partial charge is 0.137 e. The summed E-state index contributed by atoms with van der Waals surface area (Å²) in [6, 6.07) is 1.94. The van der Waals surface area contributed by atoms with Gasteiger partial charge in [-0.05, 0) is 18.1 Å². The molecule has 0 atom stereocenters. The summed E-state index contributed by atoms with van der Waals surface area (Å²) in [7, 11) is 1.63. The molecule has 0 spiro atoms. The van der Waals surface area contributed by atoms with Gasteiger partial charge in [0.25, 0.3) is 0 Å². The molecule has 0 aliphatic heterocycles. The van der Waals surface area contributed by atoms with Gasteiger partial charge in [-0.2, -0.15) is 0 Å². The van der Waals surface area contributed by atoms with Gasteiger partial charge >= 0.3 is 0 Å². The van der Waals surface area contributed by atoms with Gasteiger partial charge in [0.1, 0.15) is 5.75 Å². The number of ether oxygens (including phenoxy) is 1. The molecule has 0 saturated heterocycles. The summed E-state index contributed by atoms with van der Waals surface area (Å²) in [6.45, 7) is 5.79. The van der Waals surface area contributed by atoms with Crippen molar-refractivity contribution in [1.29, 1.82) is 0 Å². The number of aryl methyl sites for hydroxylation is 1. The first-order valence-electron chi connectivity index (χ1n) is 3.97. The second-order valence-electron chi connectivity index (χ2n) is 2.47. The Labute approximate surface area is 72.9 Å². The number of pyridine rings is 1. The number of nitrogens with zero attached hydrogens (tertiary/aromatic N) is 1. The molecule has 0 aromatic carbocycles. The zero-order valence-electron chi connectivity index (χ0n) is 7.50. The van der Waals surface area contributed by atoms with Crippen LogP contribution in [0.15, 0.2) is 18.8 Å². The Bertz CT molecular complexity index is 281. The highest BCUT2D eigenvalue weighted by Crippen LogP contribution is 2.15. The summed E-state index contributed by atoms with van der Waals surface area (Å²) >= 11 is 0. The predicted octanol–water partition coefficient (Wildman–Crippen LogP) is 2.30. The van der Waals surface area contributed by atoms with Gasteiger partial charge in [0.2, 0.25) is 0 Å². The van der Waals surface area contributed by atoms with E-state index in [1.165, 1.54) is 0 Å². The maximum absolute atomic E-state index is 5.05. The van der Waals surface area contributed by atoms with Gasteiger partial charge in [0, 0.05) is 5.69 Å². The number of hydrogen-bond acceptors (Lipinski definition) is 2. The van der Waals surface area contributed by atoms with Gasteiger partial charge in [-0.3, -0.25) is 4.98 Å². The second kappa shape index (κ2) is 3.90. The van der Waals surface area contributed by atoms with Crippen LogP contribution < -0.4 is 4.74 Å². The third-order valence-electron chi connectivity index (χ3n) is 1.77. The van der Waals surface area contributed by atoms with Gasteiger partial charge in [-0.15, -0.1) is 0 Å². The highest BCUT2D eigenvalue weighted by Gasteiger charge is 1.99. The molecule has 0 bridgehead atoms. The average molecular weight is 163 g/mol. The summed E-state index contributed by atoms with van der Waals surface area (Å²) in [5, 5.41) is 0. The molecule has 0 fully saturated rings. The van der Waals surface area contributed by atoms with Crippen LogP contribution in [0.2, 0.25) is 0 Å². The minimum Gasteiger partial charge on any atom is -0.495 e. The molecule has 1 rings (SSSR count). The van der Waals surface area contributed by atoms with Crippen LogP contribution in [-0.2, 0) is 6.42 Å². The van der Waals surface area contributed by atoms with Gasteiger partial charge in [0.05, 0.1) is 13.3 Å². The van der Waals surface area contributed by atoms with Crippen molar-refractivity contribution in [3.8, 4) is 5.75 Å². The van der Waals surface area contributed by atoms with Gasteiger partial charge in [0.15, 0.2) is 0 Å². The first-order chi connectivity index (χ1) is 5.81. The molecule has 64 valence electrons. The minimum atomic E-state index is 0.780. The lowest BCUT2D eigenvalue weighted by Crippen LogP contribution is -1.93. The first kappa shape index (κ1) is 8.78. The van der Waals surface area contributed by atoms with Gasteiger partial charge in [-0.1, -0.05) is 19.6 Å². The van der Waals surface area contributed by atoms with Crippen molar-refractivity contribution in [3.63, 3.8) is 0 Å². The fourth-order valence-corrected chi connectivity index (χ4v) is 1.07. The molecule has 1 heterocycles. The molecule has 2 nitrogen and oxygen atoms in total. The number of methoxy groups -OCH3 is 1. The lowest BCUT2D eigenvalue weighted by Gasteiger charge is -2.04. The van der Waals surface area contributed by atoms with E-state index in [1.807, 2.05) is 6.07 Å². The summed E-state index contributed by atoms with van der Waals surface area (Å²) in [5.74, 6) is 0.780. The van der Waals surface area contributed by atoms with Crippen molar-refractivity contribution in [2.75, 3.05) is 7.11 Å². The standard InChI is InChI=1S/C10H13NO/c1-4-8-6-9(12-3)7-11-10(8)5-2/h4,6-7H,1,5H2,2-3H3. The molecular weight excluding hydrogens is 150 g/mol. The zero-order chi connectivity index (χ0) is 8.97. The van der Waals surface area contributed by atoms with E-state index < -0.39 is 0 Å². The normalized spacial score (nSPS) is 9.50. The summed E-state index contributed by atoms with van der Waals surface area (Å²) in [5.41, 5.74) is 2.11. The van der Waals surface area contributed by atoms with Crippen LogP contribution in [0, 0.1) is 0 Å². The zero-order valence-corrected chi connectivity index (χ0v) is 7.50.